The van der Waals surface area contributed by atoms with E-state index in [4.69, 9.17) is 10.1 Å². The Kier molecular flexibility index (Phi) is 8.25. The first-order chi connectivity index (χ1) is 15.5. The van der Waals surface area contributed by atoms with Crippen LogP contribution in [0.15, 0.2) is 48.7 Å². The molecule has 0 saturated heterocycles. The standard InChI is InChI=1S/C25H33N5O2/c1-30(2)23(31)14-13-21(26)24-22(28-17-18-9-11-20(32-3)12-10-18)15-16-27-25(24)29-19-7-5-4-6-8-19/h9-16,19,26H,4-8,17H2,1-3H3,(H2,27,28,29)/b14-13+,26-21?. The molecule has 2 aromatic rings. The number of benzene rings is 1. The summed E-state index contributed by atoms with van der Waals surface area (Å²) in [6.07, 6.45) is 10.6. The van der Waals surface area contributed by atoms with Gasteiger partial charge in [0.1, 0.15) is 11.6 Å². The lowest BCUT2D eigenvalue weighted by atomic mass is 9.95. The van der Waals surface area contributed by atoms with Crippen molar-refractivity contribution in [3.8, 4) is 5.75 Å². The summed E-state index contributed by atoms with van der Waals surface area (Å²) in [6.45, 7) is 0.595. The molecule has 1 saturated carbocycles. The van der Waals surface area contributed by atoms with Gasteiger partial charge in [-0.3, -0.25) is 4.79 Å². The van der Waals surface area contributed by atoms with Crippen molar-refractivity contribution in [2.24, 2.45) is 0 Å². The molecular weight excluding hydrogens is 402 g/mol. The quantitative estimate of drug-likeness (QED) is 0.400. The lowest BCUT2D eigenvalue weighted by Gasteiger charge is -2.25. The maximum Gasteiger partial charge on any atom is 0.246 e. The Balaban J connectivity index is 1.85. The van der Waals surface area contributed by atoms with Gasteiger partial charge in [-0.15, -0.1) is 0 Å². The number of hydrogen-bond acceptors (Lipinski definition) is 6. The van der Waals surface area contributed by atoms with Crippen LogP contribution in [0, 0.1) is 5.41 Å². The molecule has 0 radical (unpaired) electrons. The minimum absolute atomic E-state index is 0.159. The van der Waals surface area contributed by atoms with E-state index in [1.54, 1.807) is 33.5 Å². The summed E-state index contributed by atoms with van der Waals surface area (Å²) < 4.78 is 5.23. The van der Waals surface area contributed by atoms with Crippen LogP contribution in [0.1, 0.15) is 43.2 Å². The van der Waals surface area contributed by atoms with Crippen molar-refractivity contribution in [2.45, 2.75) is 44.7 Å². The lowest BCUT2D eigenvalue weighted by Crippen LogP contribution is -2.24. The van der Waals surface area contributed by atoms with Crippen molar-refractivity contribution < 1.29 is 9.53 Å². The Hall–Kier alpha value is -3.35. The second-order valence-corrected chi connectivity index (χ2v) is 8.24. The third-order valence-electron chi connectivity index (χ3n) is 5.64. The third-order valence-corrected chi connectivity index (χ3v) is 5.64. The van der Waals surface area contributed by atoms with Gasteiger partial charge in [0.15, 0.2) is 0 Å². The zero-order chi connectivity index (χ0) is 22.9. The van der Waals surface area contributed by atoms with Crippen LogP contribution in [0.3, 0.4) is 0 Å². The van der Waals surface area contributed by atoms with Crippen molar-refractivity contribution >= 4 is 23.1 Å². The van der Waals surface area contributed by atoms with Crippen LogP contribution in [-0.4, -0.2) is 48.7 Å². The molecule has 3 N–H and O–H groups in total. The molecule has 7 heteroatoms. The fourth-order valence-corrected chi connectivity index (χ4v) is 3.76. The van der Waals surface area contributed by atoms with Gasteiger partial charge < -0.3 is 25.7 Å². The summed E-state index contributed by atoms with van der Waals surface area (Å²) in [4.78, 5) is 18.1. The summed E-state index contributed by atoms with van der Waals surface area (Å²) in [6, 6.07) is 10.1. The smallest absolute Gasteiger partial charge is 0.246 e. The Morgan fingerprint density at radius 2 is 1.88 bits per heavy atom. The number of hydrogen-bond donors (Lipinski definition) is 3. The lowest BCUT2D eigenvalue weighted by molar-refractivity contribution is -0.123. The van der Waals surface area contributed by atoms with E-state index >= 15 is 0 Å². The summed E-state index contributed by atoms with van der Waals surface area (Å²) in [5.74, 6) is 1.34. The summed E-state index contributed by atoms with van der Waals surface area (Å²) >= 11 is 0. The molecular formula is C25H33N5O2. The molecule has 0 atom stereocenters. The molecule has 170 valence electrons. The molecule has 1 aromatic carbocycles. The van der Waals surface area contributed by atoms with Gasteiger partial charge in [0.2, 0.25) is 5.91 Å². The second kappa shape index (κ2) is 11.3. The first kappa shape index (κ1) is 23.3. The van der Waals surface area contributed by atoms with Crippen molar-refractivity contribution in [2.75, 3.05) is 31.8 Å². The van der Waals surface area contributed by atoms with E-state index < -0.39 is 0 Å². The molecule has 0 unspecified atom stereocenters. The highest BCUT2D eigenvalue weighted by atomic mass is 16.5. The van der Waals surface area contributed by atoms with Gasteiger partial charge in [0.05, 0.1) is 18.4 Å². The number of amides is 1. The number of anilines is 2. The van der Waals surface area contributed by atoms with Gasteiger partial charge in [-0.2, -0.15) is 0 Å². The van der Waals surface area contributed by atoms with Gasteiger partial charge in [-0.1, -0.05) is 31.4 Å². The predicted molar refractivity (Wildman–Crippen MR) is 130 cm³/mol. The molecule has 1 fully saturated rings. The number of nitrogens with one attached hydrogen (secondary N) is 3. The van der Waals surface area contributed by atoms with Crippen LogP contribution in [0.5, 0.6) is 5.75 Å². The topological polar surface area (TPSA) is 90.3 Å². The van der Waals surface area contributed by atoms with E-state index in [9.17, 15) is 4.79 Å². The minimum Gasteiger partial charge on any atom is -0.497 e. The van der Waals surface area contributed by atoms with Gasteiger partial charge >= 0.3 is 0 Å². The molecule has 1 heterocycles. The van der Waals surface area contributed by atoms with E-state index in [0.29, 0.717) is 24.0 Å². The van der Waals surface area contributed by atoms with Crippen molar-refractivity contribution in [1.29, 1.82) is 5.41 Å². The highest BCUT2D eigenvalue weighted by Gasteiger charge is 2.19. The first-order valence-electron chi connectivity index (χ1n) is 11.1. The molecule has 1 amide bonds. The van der Waals surface area contributed by atoms with Crippen molar-refractivity contribution in [3.63, 3.8) is 0 Å². The number of carbonyl (C=O) groups excluding carboxylic acids is 1. The summed E-state index contributed by atoms with van der Waals surface area (Å²) in [5.41, 5.74) is 2.82. The number of likely N-dealkylation sites (N-methyl/N-ethyl adjacent to an activating group) is 1. The third kappa shape index (κ3) is 6.33. The number of carbonyl (C=O) groups is 1. The molecule has 3 rings (SSSR count). The van der Waals surface area contributed by atoms with Gasteiger partial charge in [-0.25, -0.2) is 4.98 Å². The second-order valence-electron chi connectivity index (χ2n) is 8.24. The fourth-order valence-electron chi connectivity index (χ4n) is 3.76. The molecule has 1 aliphatic rings. The molecule has 0 bridgehead atoms. The number of aromatic nitrogens is 1. The fraction of sp³-hybridized carbons (Fsp3) is 0.400. The Morgan fingerprint density at radius 1 is 1.16 bits per heavy atom. The predicted octanol–water partition coefficient (Wildman–Crippen LogP) is 4.46. The van der Waals surface area contributed by atoms with Crippen LogP contribution in [-0.2, 0) is 11.3 Å². The van der Waals surface area contributed by atoms with Crippen LogP contribution >= 0.6 is 0 Å². The van der Waals surface area contributed by atoms with E-state index in [2.05, 4.69) is 15.6 Å². The highest BCUT2D eigenvalue weighted by Crippen LogP contribution is 2.28. The van der Waals surface area contributed by atoms with Gasteiger partial charge in [0.25, 0.3) is 0 Å². The number of ether oxygens (including phenoxy) is 1. The number of methoxy groups -OCH3 is 1. The first-order valence-corrected chi connectivity index (χ1v) is 11.1. The molecule has 0 aliphatic heterocycles. The van der Waals surface area contributed by atoms with Crippen LogP contribution in [0.25, 0.3) is 0 Å². The Morgan fingerprint density at radius 3 is 2.53 bits per heavy atom. The molecule has 32 heavy (non-hydrogen) atoms. The maximum atomic E-state index is 12.0. The van der Waals surface area contributed by atoms with Crippen molar-refractivity contribution in [3.05, 3.63) is 59.8 Å². The average molecular weight is 436 g/mol. The zero-order valence-electron chi connectivity index (χ0n) is 19.1. The van der Waals surface area contributed by atoms with E-state index in [1.807, 2.05) is 30.3 Å². The summed E-state index contributed by atoms with van der Waals surface area (Å²) in [7, 11) is 5.04. The monoisotopic (exact) mass is 435 g/mol. The number of allylic oxidation sites excluding steroid dienone is 1. The molecule has 1 aliphatic carbocycles. The number of rotatable bonds is 9. The van der Waals surface area contributed by atoms with Crippen LogP contribution in [0.2, 0.25) is 0 Å². The highest BCUT2D eigenvalue weighted by molar-refractivity contribution is 6.15. The van der Waals surface area contributed by atoms with E-state index in [-0.39, 0.29) is 11.6 Å². The number of pyridine rings is 1. The van der Waals surface area contributed by atoms with Gasteiger partial charge in [-0.05, 0) is 42.7 Å². The van der Waals surface area contributed by atoms with Gasteiger partial charge in [0, 0.05) is 44.6 Å². The van der Waals surface area contributed by atoms with E-state index in [1.165, 1.54) is 30.2 Å². The van der Waals surface area contributed by atoms with Crippen molar-refractivity contribution in [1.82, 2.24) is 9.88 Å². The molecule has 0 spiro atoms. The van der Waals surface area contributed by atoms with Crippen LogP contribution in [0.4, 0.5) is 11.5 Å². The average Bonchev–Trinajstić information content (AvgIpc) is 2.82. The molecule has 7 nitrogen and oxygen atoms in total. The largest absolute Gasteiger partial charge is 0.497 e. The Bertz CT molecular complexity index is 947. The van der Waals surface area contributed by atoms with Crippen LogP contribution < -0.4 is 15.4 Å². The minimum atomic E-state index is -0.159. The molecule has 1 aromatic heterocycles. The summed E-state index contributed by atoms with van der Waals surface area (Å²) in [5, 5.41) is 15.7. The normalized spacial score (nSPS) is 14.2. The van der Waals surface area contributed by atoms with E-state index in [0.717, 1.165) is 29.8 Å². The Labute approximate surface area is 190 Å². The number of nitrogens with zero attached hydrogens (tertiary/aromatic N) is 2. The SMILES string of the molecule is COc1ccc(CNc2ccnc(NC3CCCCC3)c2C(=N)/C=C/C(=O)N(C)C)cc1. The maximum absolute atomic E-state index is 12.0. The zero-order valence-corrected chi connectivity index (χ0v) is 19.1.